The van der Waals surface area contributed by atoms with Gasteiger partial charge < -0.3 is 15.5 Å². The van der Waals surface area contributed by atoms with Crippen LogP contribution >= 0.6 is 0 Å². The molecule has 4 nitrogen and oxygen atoms in total. The maximum atomic E-state index is 11.5. The number of nitrogens with zero attached hydrogens (tertiary/aromatic N) is 2. The lowest BCUT2D eigenvalue weighted by Crippen LogP contribution is -2.33. The highest BCUT2D eigenvalue weighted by molar-refractivity contribution is 5.79. The lowest BCUT2D eigenvalue weighted by Gasteiger charge is -2.23. The number of amides is 1. The third-order valence-electron chi connectivity index (χ3n) is 3.65. The molecule has 0 aromatic heterocycles. The normalized spacial score (nSPS) is 32.9. The lowest BCUT2D eigenvalue weighted by atomic mass is 10.1. The van der Waals surface area contributed by atoms with Gasteiger partial charge in [0.2, 0.25) is 5.91 Å². The van der Waals surface area contributed by atoms with Gasteiger partial charge in [0.1, 0.15) is 0 Å². The fourth-order valence-corrected chi connectivity index (χ4v) is 2.67. The van der Waals surface area contributed by atoms with E-state index in [-0.39, 0.29) is 11.9 Å². The van der Waals surface area contributed by atoms with Crippen molar-refractivity contribution in [2.45, 2.75) is 37.8 Å². The van der Waals surface area contributed by atoms with Gasteiger partial charge in [-0.05, 0) is 32.9 Å². The highest BCUT2D eigenvalue weighted by Gasteiger charge is 2.28. The second kappa shape index (κ2) is 4.49. The third-order valence-corrected chi connectivity index (χ3v) is 3.65. The van der Waals surface area contributed by atoms with E-state index in [1.807, 2.05) is 4.90 Å². The van der Waals surface area contributed by atoms with E-state index in [0.29, 0.717) is 12.5 Å². The number of hydrogen-bond donors (Lipinski definition) is 1. The van der Waals surface area contributed by atoms with Crippen LogP contribution < -0.4 is 5.73 Å². The number of nitrogens with two attached hydrogens (primary N) is 1. The van der Waals surface area contributed by atoms with Crippen LogP contribution in [0.25, 0.3) is 0 Å². The number of likely N-dealkylation sites (tertiary alicyclic amines) is 2. The van der Waals surface area contributed by atoms with Gasteiger partial charge in [-0.3, -0.25) is 4.79 Å². The van der Waals surface area contributed by atoms with Crippen LogP contribution in [0.3, 0.4) is 0 Å². The zero-order valence-corrected chi connectivity index (χ0v) is 9.48. The van der Waals surface area contributed by atoms with Crippen LogP contribution in [0, 0.1) is 0 Å². The van der Waals surface area contributed by atoms with Gasteiger partial charge in [-0.15, -0.1) is 0 Å². The van der Waals surface area contributed by atoms with E-state index in [4.69, 9.17) is 5.73 Å². The molecule has 0 radical (unpaired) electrons. The summed E-state index contributed by atoms with van der Waals surface area (Å²) in [6, 6.07) is 0.744. The number of carbonyl (C=O) groups excluding carboxylic acids is 1. The first-order valence-corrected chi connectivity index (χ1v) is 5.90. The summed E-state index contributed by atoms with van der Waals surface area (Å²) in [7, 11) is 2.18. The quantitative estimate of drug-likeness (QED) is 0.716. The molecular formula is C11H21N3O. The molecule has 0 aliphatic carbocycles. The molecule has 2 aliphatic rings. The van der Waals surface area contributed by atoms with E-state index in [2.05, 4.69) is 11.9 Å². The van der Waals surface area contributed by atoms with Gasteiger partial charge in [0.15, 0.2) is 0 Å². The first-order chi connectivity index (χ1) is 7.16. The predicted molar refractivity (Wildman–Crippen MR) is 59.4 cm³/mol. The molecule has 2 rings (SSSR count). The van der Waals surface area contributed by atoms with E-state index >= 15 is 0 Å². The molecule has 86 valence electrons. The molecule has 2 atom stereocenters. The van der Waals surface area contributed by atoms with Gasteiger partial charge in [-0.25, -0.2) is 0 Å². The Morgan fingerprint density at radius 1 is 1.53 bits per heavy atom. The Morgan fingerprint density at radius 3 is 2.87 bits per heavy atom. The topological polar surface area (TPSA) is 49.6 Å². The van der Waals surface area contributed by atoms with Gasteiger partial charge in [-0.2, -0.15) is 0 Å². The zero-order valence-electron chi connectivity index (χ0n) is 9.48. The van der Waals surface area contributed by atoms with Crippen LogP contribution in [0.2, 0.25) is 0 Å². The maximum Gasteiger partial charge on any atom is 0.224 e. The molecule has 15 heavy (non-hydrogen) atoms. The average Bonchev–Trinajstić information content (AvgIpc) is 2.70. The minimum Gasteiger partial charge on any atom is -0.341 e. The minimum absolute atomic E-state index is 0.0683. The Bertz CT molecular complexity index is 244. The Hall–Kier alpha value is -0.610. The molecule has 0 aromatic rings. The molecule has 0 bridgehead atoms. The highest BCUT2D eigenvalue weighted by atomic mass is 16.2. The Balaban J connectivity index is 1.76. The van der Waals surface area contributed by atoms with E-state index in [1.54, 1.807) is 0 Å². The smallest absolute Gasteiger partial charge is 0.224 e. The Morgan fingerprint density at radius 2 is 2.33 bits per heavy atom. The van der Waals surface area contributed by atoms with Crippen molar-refractivity contribution < 1.29 is 4.79 Å². The van der Waals surface area contributed by atoms with Gasteiger partial charge in [-0.1, -0.05) is 0 Å². The summed E-state index contributed by atoms with van der Waals surface area (Å²) in [5, 5.41) is 0. The van der Waals surface area contributed by atoms with Crippen molar-refractivity contribution in [1.29, 1.82) is 0 Å². The van der Waals surface area contributed by atoms with Gasteiger partial charge >= 0.3 is 0 Å². The maximum absolute atomic E-state index is 11.5. The van der Waals surface area contributed by atoms with Gasteiger partial charge in [0.25, 0.3) is 0 Å². The monoisotopic (exact) mass is 211 g/mol. The van der Waals surface area contributed by atoms with E-state index in [0.717, 1.165) is 19.5 Å². The van der Waals surface area contributed by atoms with E-state index in [9.17, 15) is 4.79 Å². The highest BCUT2D eigenvalue weighted by Crippen LogP contribution is 2.19. The SMILES string of the molecule is CN1CCCC1CCN1CC(N)CC1=O. The third kappa shape index (κ3) is 2.49. The van der Waals surface area contributed by atoms with E-state index < -0.39 is 0 Å². The van der Waals surface area contributed by atoms with Crippen molar-refractivity contribution in [3.05, 3.63) is 0 Å². The van der Waals surface area contributed by atoms with Crippen molar-refractivity contribution in [2.24, 2.45) is 5.73 Å². The van der Waals surface area contributed by atoms with Crippen molar-refractivity contribution >= 4 is 5.91 Å². The molecule has 0 spiro atoms. The molecule has 2 fully saturated rings. The summed E-state index contributed by atoms with van der Waals surface area (Å²) in [6.45, 7) is 2.86. The second-order valence-corrected chi connectivity index (χ2v) is 4.87. The summed E-state index contributed by atoms with van der Waals surface area (Å²) in [5.74, 6) is 0.239. The van der Waals surface area contributed by atoms with Gasteiger partial charge in [0.05, 0.1) is 0 Å². The number of rotatable bonds is 3. The molecule has 0 saturated carbocycles. The predicted octanol–water partition coefficient (Wildman–Crippen LogP) is 0.0303. The van der Waals surface area contributed by atoms with Crippen molar-refractivity contribution in [3.63, 3.8) is 0 Å². The van der Waals surface area contributed by atoms with Crippen molar-refractivity contribution in [1.82, 2.24) is 9.80 Å². The molecule has 2 saturated heterocycles. The minimum atomic E-state index is 0.0683. The summed E-state index contributed by atoms with van der Waals surface area (Å²) in [5.41, 5.74) is 5.75. The first-order valence-electron chi connectivity index (χ1n) is 5.90. The molecule has 0 aromatic carbocycles. The molecule has 2 N–H and O–H groups in total. The molecule has 2 unspecified atom stereocenters. The van der Waals surface area contributed by atoms with Crippen molar-refractivity contribution in [3.8, 4) is 0 Å². The molecule has 2 aliphatic heterocycles. The van der Waals surface area contributed by atoms with Crippen LogP contribution in [0.15, 0.2) is 0 Å². The Labute approximate surface area is 91.4 Å². The summed E-state index contributed by atoms with van der Waals surface area (Å²) < 4.78 is 0. The van der Waals surface area contributed by atoms with Gasteiger partial charge in [0, 0.05) is 31.6 Å². The number of carbonyl (C=O) groups is 1. The lowest BCUT2D eigenvalue weighted by molar-refractivity contribution is -0.127. The van der Waals surface area contributed by atoms with Crippen LogP contribution in [-0.4, -0.2) is 54.5 Å². The number of hydrogen-bond acceptors (Lipinski definition) is 3. The van der Waals surface area contributed by atoms with Crippen LogP contribution in [-0.2, 0) is 4.79 Å². The summed E-state index contributed by atoms with van der Waals surface area (Å²) in [4.78, 5) is 15.8. The largest absolute Gasteiger partial charge is 0.341 e. The first kappa shape index (κ1) is 10.9. The fourth-order valence-electron chi connectivity index (χ4n) is 2.67. The van der Waals surface area contributed by atoms with Crippen LogP contribution in [0.4, 0.5) is 0 Å². The second-order valence-electron chi connectivity index (χ2n) is 4.87. The van der Waals surface area contributed by atoms with Crippen molar-refractivity contribution in [2.75, 3.05) is 26.7 Å². The fraction of sp³-hybridized carbons (Fsp3) is 0.909. The summed E-state index contributed by atoms with van der Waals surface area (Å²) in [6.07, 6.45) is 4.23. The summed E-state index contributed by atoms with van der Waals surface area (Å²) >= 11 is 0. The Kier molecular flexibility index (Phi) is 3.26. The molecule has 4 heteroatoms. The van der Waals surface area contributed by atoms with E-state index in [1.165, 1.54) is 19.4 Å². The zero-order chi connectivity index (χ0) is 10.8. The molecule has 1 amide bonds. The standard InChI is InChI=1S/C11H21N3O/c1-13-5-2-3-10(13)4-6-14-8-9(12)7-11(14)15/h9-10H,2-8,12H2,1H3. The van der Waals surface area contributed by atoms with Crippen LogP contribution in [0.5, 0.6) is 0 Å². The molecule has 2 heterocycles. The van der Waals surface area contributed by atoms with Crippen LogP contribution in [0.1, 0.15) is 25.7 Å². The molecular weight excluding hydrogens is 190 g/mol. The average molecular weight is 211 g/mol.